The third-order valence-electron chi connectivity index (χ3n) is 6.93. The van der Waals surface area contributed by atoms with E-state index in [0.717, 1.165) is 22.4 Å². The van der Waals surface area contributed by atoms with Crippen LogP contribution in [0.15, 0.2) is 52.2 Å². The number of aryl methyl sites for hydroxylation is 1. The maximum absolute atomic E-state index is 13.2. The van der Waals surface area contributed by atoms with Crippen LogP contribution in [0.4, 0.5) is 0 Å². The number of aromatic nitrogens is 1. The molecule has 1 aromatic carbocycles. The van der Waals surface area contributed by atoms with Crippen LogP contribution in [0.2, 0.25) is 0 Å². The lowest BCUT2D eigenvalue weighted by Gasteiger charge is -2.16. The molecule has 1 N–H and O–H groups in total. The summed E-state index contributed by atoms with van der Waals surface area (Å²) in [4.78, 5) is 34.7. The molecular formula is C31H40N2O6. The van der Waals surface area contributed by atoms with Crippen LogP contribution < -0.4 is 0 Å². The molecule has 1 aliphatic heterocycles. The molecule has 0 saturated heterocycles. The van der Waals surface area contributed by atoms with Crippen LogP contribution in [0.25, 0.3) is 5.57 Å². The van der Waals surface area contributed by atoms with Gasteiger partial charge in [-0.05, 0) is 57.2 Å². The van der Waals surface area contributed by atoms with Crippen molar-refractivity contribution in [1.29, 1.82) is 0 Å². The second-order valence-electron chi connectivity index (χ2n) is 9.69. The number of ether oxygens (including phenoxy) is 4. The summed E-state index contributed by atoms with van der Waals surface area (Å²) < 4.78 is 21.9. The summed E-state index contributed by atoms with van der Waals surface area (Å²) in [5.74, 6) is -0.826. The second kappa shape index (κ2) is 13.5. The largest absolute Gasteiger partial charge is 0.456 e. The van der Waals surface area contributed by atoms with Gasteiger partial charge in [-0.25, -0.2) is 9.59 Å². The smallest absolute Gasteiger partial charge is 0.340 e. The minimum Gasteiger partial charge on any atom is -0.456 e. The molecule has 0 spiro atoms. The van der Waals surface area contributed by atoms with Crippen molar-refractivity contribution in [2.45, 2.75) is 66.6 Å². The number of rotatable bonds is 12. The Bertz CT molecular complexity index is 1290. The number of aromatic amines is 1. The molecule has 3 rings (SSSR count). The first-order valence-corrected chi connectivity index (χ1v) is 13.3. The first-order chi connectivity index (χ1) is 18.7. The number of carbonyl (C=O) groups is 2. The summed E-state index contributed by atoms with van der Waals surface area (Å²) in [7, 11) is 3.17. The molecule has 0 aliphatic carbocycles. The first kappa shape index (κ1) is 30.1. The van der Waals surface area contributed by atoms with E-state index in [-0.39, 0.29) is 12.2 Å². The van der Waals surface area contributed by atoms with Gasteiger partial charge in [-0.1, -0.05) is 44.2 Å². The van der Waals surface area contributed by atoms with Crippen LogP contribution in [0.5, 0.6) is 0 Å². The minimum atomic E-state index is -0.424. The van der Waals surface area contributed by atoms with Crippen molar-refractivity contribution >= 4 is 23.2 Å². The lowest BCUT2D eigenvalue weighted by Crippen LogP contribution is -2.24. The van der Waals surface area contributed by atoms with Gasteiger partial charge >= 0.3 is 11.9 Å². The number of methoxy groups -OCH3 is 2. The zero-order valence-electron chi connectivity index (χ0n) is 24.3. The van der Waals surface area contributed by atoms with Gasteiger partial charge in [0.15, 0.2) is 0 Å². The Labute approximate surface area is 231 Å². The summed E-state index contributed by atoms with van der Waals surface area (Å²) in [5, 5.41) is 0. The van der Waals surface area contributed by atoms with Gasteiger partial charge in [-0.15, -0.1) is 0 Å². The predicted molar refractivity (Wildman–Crippen MR) is 152 cm³/mol. The van der Waals surface area contributed by atoms with E-state index in [1.54, 1.807) is 14.2 Å². The number of allylic oxidation sites excluding steroid dienone is 1. The van der Waals surface area contributed by atoms with Gasteiger partial charge in [0.2, 0.25) is 0 Å². The van der Waals surface area contributed by atoms with Crippen LogP contribution in [0.1, 0.15) is 73.4 Å². The van der Waals surface area contributed by atoms with Crippen LogP contribution in [-0.4, -0.2) is 62.3 Å². The Hall–Kier alpha value is -3.49. The summed E-state index contributed by atoms with van der Waals surface area (Å²) in [5.41, 5.74) is 6.76. The maximum Gasteiger partial charge on any atom is 0.340 e. The number of esters is 2. The van der Waals surface area contributed by atoms with Gasteiger partial charge in [0, 0.05) is 25.5 Å². The average molecular weight is 537 g/mol. The summed E-state index contributed by atoms with van der Waals surface area (Å²) >= 11 is 0. The summed E-state index contributed by atoms with van der Waals surface area (Å²) in [6.45, 7) is 12.0. The van der Waals surface area contributed by atoms with Crippen molar-refractivity contribution in [1.82, 2.24) is 4.98 Å². The van der Waals surface area contributed by atoms with Crippen LogP contribution in [0.3, 0.4) is 0 Å². The van der Waals surface area contributed by atoms with Gasteiger partial charge in [0.1, 0.15) is 12.2 Å². The highest BCUT2D eigenvalue weighted by molar-refractivity contribution is 6.22. The van der Waals surface area contributed by atoms with Gasteiger partial charge in [0.05, 0.1) is 41.5 Å². The van der Waals surface area contributed by atoms with E-state index in [0.29, 0.717) is 59.9 Å². The lowest BCUT2D eigenvalue weighted by molar-refractivity contribution is -0.146. The molecule has 8 heteroatoms. The Morgan fingerprint density at radius 2 is 1.44 bits per heavy atom. The average Bonchev–Trinajstić information content (AvgIpc) is 3.37. The number of nitrogens with zero attached hydrogens (tertiary/aromatic N) is 1. The number of hydrogen-bond donors (Lipinski definition) is 1. The Morgan fingerprint density at radius 3 is 1.97 bits per heavy atom. The first-order valence-electron chi connectivity index (χ1n) is 13.3. The topological polar surface area (TPSA) is 99.2 Å². The van der Waals surface area contributed by atoms with E-state index in [2.05, 4.69) is 4.98 Å². The fourth-order valence-corrected chi connectivity index (χ4v) is 4.81. The Morgan fingerprint density at radius 1 is 0.872 bits per heavy atom. The van der Waals surface area contributed by atoms with Crippen molar-refractivity contribution in [2.24, 2.45) is 4.99 Å². The molecule has 8 nitrogen and oxygen atoms in total. The van der Waals surface area contributed by atoms with Crippen molar-refractivity contribution in [2.75, 3.05) is 27.4 Å². The molecule has 0 fully saturated rings. The molecule has 1 aliphatic rings. The summed E-state index contributed by atoms with van der Waals surface area (Å²) in [6, 6.07) is 9.81. The van der Waals surface area contributed by atoms with Crippen LogP contribution >= 0.6 is 0 Å². The molecule has 39 heavy (non-hydrogen) atoms. The van der Waals surface area contributed by atoms with Gasteiger partial charge in [-0.3, -0.25) is 4.99 Å². The second-order valence-corrected chi connectivity index (χ2v) is 9.69. The number of aliphatic imine (C=N–C) groups is 1. The number of hydrogen-bond acceptors (Lipinski definition) is 7. The molecule has 0 amide bonds. The fourth-order valence-electron chi connectivity index (χ4n) is 4.81. The van der Waals surface area contributed by atoms with E-state index in [4.69, 9.17) is 23.9 Å². The van der Waals surface area contributed by atoms with Crippen molar-refractivity contribution in [3.05, 3.63) is 75.3 Å². The molecule has 0 bridgehead atoms. The molecule has 2 atom stereocenters. The van der Waals surface area contributed by atoms with E-state index in [1.807, 2.05) is 71.9 Å². The Kier molecular flexibility index (Phi) is 10.4. The molecular weight excluding hydrogens is 496 g/mol. The highest BCUT2D eigenvalue weighted by Crippen LogP contribution is 2.38. The van der Waals surface area contributed by atoms with E-state index in [9.17, 15) is 9.59 Å². The maximum atomic E-state index is 13.2. The fraction of sp³-hybridized carbons (Fsp3) is 0.452. The zero-order chi connectivity index (χ0) is 28.7. The number of nitrogens with one attached hydrogen (secondary N) is 1. The van der Waals surface area contributed by atoms with Crippen molar-refractivity contribution < 1.29 is 28.5 Å². The van der Waals surface area contributed by atoms with Crippen molar-refractivity contribution in [3.8, 4) is 0 Å². The normalized spacial score (nSPS) is 16.2. The molecule has 2 heterocycles. The van der Waals surface area contributed by atoms with Gasteiger partial charge < -0.3 is 23.9 Å². The minimum absolute atomic E-state index is 0.325. The standard InChI is InChI=1S/C31H40N2O6/c1-9-23(16-36-7)38-30(34)25-18(3)28(32-20(25)5)27(22-14-12-11-13-15-22)29-19(4)26(21(6)33-29)31(35)39-24(10-2)17-37-8/h11-15,23-24,32H,9-10,16-17H2,1-8H3/b29-27-. The number of H-pyrrole nitrogens is 1. The van der Waals surface area contributed by atoms with E-state index < -0.39 is 11.9 Å². The Balaban J connectivity index is 2.15. The predicted octanol–water partition coefficient (Wildman–Crippen LogP) is 5.73. The highest BCUT2D eigenvalue weighted by Gasteiger charge is 2.31. The highest BCUT2D eigenvalue weighted by atomic mass is 16.6. The number of carbonyl (C=O) groups excluding carboxylic acids is 2. The van der Waals surface area contributed by atoms with Crippen LogP contribution in [-0.2, 0) is 23.7 Å². The summed E-state index contributed by atoms with van der Waals surface area (Å²) in [6.07, 6.45) is 0.610. The zero-order valence-corrected chi connectivity index (χ0v) is 24.3. The van der Waals surface area contributed by atoms with Gasteiger partial charge in [-0.2, -0.15) is 0 Å². The molecule has 2 unspecified atom stereocenters. The van der Waals surface area contributed by atoms with Gasteiger partial charge in [0.25, 0.3) is 0 Å². The molecule has 1 aromatic heterocycles. The molecule has 0 saturated carbocycles. The van der Waals surface area contributed by atoms with Crippen molar-refractivity contribution in [3.63, 3.8) is 0 Å². The molecule has 2 aromatic rings. The quantitative estimate of drug-likeness (QED) is 0.348. The molecule has 210 valence electrons. The van der Waals surface area contributed by atoms with E-state index in [1.165, 1.54) is 0 Å². The molecule has 0 radical (unpaired) electrons. The monoisotopic (exact) mass is 536 g/mol. The third-order valence-corrected chi connectivity index (χ3v) is 6.93. The van der Waals surface area contributed by atoms with E-state index >= 15 is 0 Å². The number of benzene rings is 1. The third kappa shape index (κ3) is 6.57. The SMILES string of the molecule is CCC(COC)OC(=O)C1=C(C)/C(=C(\c2ccccc2)c2[nH]c(C)c(C(=O)OC(CC)COC)c2C)N=C1C. The van der Waals surface area contributed by atoms with Crippen LogP contribution in [0, 0.1) is 13.8 Å². The lowest BCUT2D eigenvalue weighted by atomic mass is 9.94.